The molecule has 2 atom stereocenters. The fourth-order valence-corrected chi connectivity index (χ4v) is 3.25. The second-order valence-corrected chi connectivity index (χ2v) is 8.41. The molecule has 1 heterocycles. The fourth-order valence-electron chi connectivity index (χ4n) is 3.25. The molecule has 0 unspecified atom stereocenters. The van der Waals surface area contributed by atoms with Gasteiger partial charge in [0.25, 0.3) is 0 Å². The molecule has 1 saturated heterocycles. The van der Waals surface area contributed by atoms with Crippen molar-refractivity contribution in [3.63, 3.8) is 0 Å². The number of β-amino-alcohol motifs (C(OH)–C–C–N with tert-alkyl or cyclic N) is 1. The molecule has 5 nitrogen and oxygen atoms in total. The summed E-state index contributed by atoms with van der Waals surface area (Å²) in [6.07, 6.45) is -0.729. The first-order valence-electron chi connectivity index (χ1n) is 9.78. The average molecular weight is 386 g/mol. The zero-order valence-corrected chi connectivity index (χ0v) is 17.2. The van der Waals surface area contributed by atoms with Crippen molar-refractivity contribution in [3.8, 4) is 11.5 Å². The van der Waals surface area contributed by atoms with Gasteiger partial charge in [-0.05, 0) is 68.7 Å². The molecule has 0 radical (unpaired) electrons. The van der Waals surface area contributed by atoms with Crippen molar-refractivity contribution in [2.45, 2.75) is 52.0 Å². The number of nitrogens with zero attached hydrogens (tertiary/aromatic N) is 1. The average Bonchev–Trinajstić information content (AvgIpc) is 2.96. The van der Waals surface area contributed by atoms with Crippen molar-refractivity contribution in [2.75, 3.05) is 19.7 Å². The minimum atomic E-state index is -0.852. The third kappa shape index (κ3) is 5.71. The van der Waals surface area contributed by atoms with Crippen LogP contribution in [0, 0.1) is 13.8 Å². The molecule has 5 heteroatoms. The van der Waals surface area contributed by atoms with E-state index in [-0.39, 0.29) is 12.7 Å². The molecule has 2 N–H and O–H groups in total. The van der Waals surface area contributed by atoms with Crippen LogP contribution in [-0.2, 0) is 6.54 Å². The van der Waals surface area contributed by atoms with E-state index < -0.39 is 11.7 Å². The molecule has 2 aromatic carbocycles. The van der Waals surface area contributed by atoms with Gasteiger partial charge in [0.05, 0.1) is 5.60 Å². The molecule has 1 aliphatic rings. The maximum Gasteiger partial charge on any atom is 0.138 e. The SMILES string of the molecule is Cc1ccc(O[C@H]2CN(Cc3ccc(OCC(C)(C)O)cc3)C[C@@H]2O)cc1C. The molecule has 0 spiro atoms. The van der Waals surface area contributed by atoms with Crippen LogP contribution < -0.4 is 9.47 Å². The van der Waals surface area contributed by atoms with Gasteiger partial charge in [0.15, 0.2) is 0 Å². The molecule has 1 fully saturated rings. The third-order valence-corrected chi connectivity index (χ3v) is 5.00. The first-order chi connectivity index (χ1) is 13.2. The Bertz CT molecular complexity index is 782. The number of ether oxygens (including phenoxy) is 2. The van der Waals surface area contributed by atoms with Gasteiger partial charge in [-0.15, -0.1) is 0 Å². The number of likely N-dealkylation sites (tertiary alicyclic amines) is 1. The standard InChI is InChI=1S/C23H31NO4/c1-16-5-8-20(11-17(16)2)28-22-14-24(13-21(22)25)12-18-6-9-19(10-7-18)27-15-23(3,4)26/h5-11,21-22,25-26H,12-15H2,1-4H3/t21-,22-/m0/s1. The Morgan fingerprint density at radius 2 is 1.68 bits per heavy atom. The van der Waals surface area contributed by atoms with Gasteiger partial charge >= 0.3 is 0 Å². The van der Waals surface area contributed by atoms with Crippen molar-refractivity contribution < 1.29 is 19.7 Å². The predicted octanol–water partition coefficient (Wildman–Crippen LogP) is 3.08. The second-order valence-electron chi connectivity index (χ2n) is 8.41. The molecule has 0 amide bonds. The minimum Gasteiger partial charge on any atom is -0.491 e. The highest BCUT2D eigenvalue weighted by molar-refractivity contribution is 5.34. The molecule has 28 heavy (non-hydrogen) atoms. The van der Waals surface area contributed by atoms with E-state index in [0.717, 1.165) is 23.6 Å². The van der Waals surface area contributed by atoms with Gasteiger partial charge in [-0.25, -0.2) is 0 Å². The quantitative estimate of drug-likeness (QED) is 0.767. The number of hydrogen-bond donors (Lipinski definition) is 2. The summed E-state index contributed by atoms with van der Waals surface area (Å²) in [7, 11) is 0. The smallest absolute Gasteiger partial charge is 0.138 e. The van der Waals surface area contributed by atoms with E-state index >= 15 is 0 Å². The van der Waals surface area contributed by atoms with Crippen molar-refractivity contribution in [1.82, 2.24) is 4.90 Å². The molecular weight excluding hydrogens is 354 g/mol. The van der Waals surface area contributed by atoms with Crippen molar-refractivity contribution in [1.29, 1.82) is 0 Å². The van der Waals surface area contributed by atoms with E-state index in [1.807, 2.05) is 42.5 Å². The van der Waals surface area contributed by atoms with Crippen LogP contribution in [0.25, 0.3) is 0 Å². The summed E-state index contributed by atoms with van der Waals surface area (Å²) >= 11 is 0. The normalized spacial score (nSPS) is 20.4. The maximum absolute atomic E-state index is 10.4. The zero-order chi connectivity index (χ0) is 20.3. The lowest BCUT2D eigenvalue weighted by Gasteiger charge is -2.19. The summed E-state index contributed by atoms with van der Waals surface area (Å²) in [5.74, 6) is 1.55. The van der Waals surface area contributed by atoms with Crippen LogP contribution in [-0.4, -0.2) is 52.6 Å². The lowest BCUT2D eigenvalue weighted by molar-refractivity contribution is 0.0285. The summed E-state index contributed by atoms with van der Waals surface area (Å²) in [6.45, 7) is 9.85. The summed E-state index contributed by atoms with van der Waals surface area (Å²) < 4.78 is 11.6. The van der Waals surface area contributed by atoms with Gasteiger partial charge in [0, 0.05) is 19.6 Å². The highest BCUT2D eigenvalue weighted by Crippen LogP contribution is 2.23. The van der Waals surface area contributed by atoms with Gasteiger partial charge in [-0.2, -0.15) is 0 Å². The summed E-state index contributed by atoms with van der Waals surface area (Å²) in [5, 5.41) is 20.1. The van der Waals surface area contributed by atoms with E-state index in [0.29, 0.717) is 13.1 Å². The van der Waals surface area contributed by atoms with Gasteiger partial charge < -0.3 is 19.7 Å². The molecule has 152 valence electrons. The minimum absolute atomic E-state index is 0.225. The van der Waals surface area contributed by atoms with E-state index in [1.165, 1.54) is 11.1 Å². The monoisotopic (exact) mass is 385 g/mol. The zero-order valence-electron chi connectivity index (χ0n) is 17.2. The molecule has 3 rings (SSSR count). The van der Waals surface area contributed by atoms with E-state index in [4.69, 9.17) is 9.47 Å². The number of aliphatic hydroxyl groups excluding tert-OH is 1. The van der Waals surface area contributed by atoms with Crippen LogP contribution in [0.15, 0.2) is 42.5 Å². The number of aryl methyl sites for hydroxylation is 2. The molecule has 2 aromatic rings. The maximum atomic E-state index is 10.4. The molecular formula is C23H31NO4. The van der Waals surface area contributed by atoms with Gasteiger partial charge in [-0.1, -0.05) is 18.2 Å². The summed E-state index contributed by atoms with van der Waals surface area (Å²) in [4.78, 5) is 2.20. The Labute approximate surface area is 167 Å². The third-order valence-electron chi connectivity index (χ3n) is 5.00. The van der Waals surface area contributed by atoms with Crippen LogP contribution >= 0.6 is 0 Å². The van der Waals surface area contributed by atoms with Crippen LogP contribution in [0.2, 0.25) is 0 Å². The Kier molecular flexibility index (Phi) is 6.28. The Hall–Kier alpha value is -2.08. The van der Waals surface area contributed by atoms with Crippen LogP contribution in [0.4, 0.5) is 0 Å². The van der Waals surface area contributed by atoms with Crippen LogP contribution in [0.3, 0.4) is 0 Å². The van der Waals surface area contributed by atoms with Gasteiger partial charge in [-0.3, -0.25) is 4.90 Å². The van der Waals surface area contributed by atoms with Crippen molar-refractivity contribution in [2.24, 2.45) is 0 Å². The Balaban J connectivity index is 1.53. The lowest BCUT2D eigenvalue weighted by atomic mass is 10.1. The Morgan fingerprint density at radius 3 is 2.32 bits per heavy atom. The fraction of sp³-hybridized carbons (Fsp3) is 0.478. The lowest BCUT2D eigenvalue weighted by Crippen LogP contribution is -2.30. The molecule has 0 bridgehead atoms. The summed E-state index contributed by atoms with van der Waals surface area (Å²) in [6, 6.07) is 13.9. The number of benzene rings is 2. The number of hydrogen-bond acceptors (Lipinski definition) is 5. The van der Waals surface area contributed by atoms with Gasteiger partial charge in [0.1, 0.15) is 30.3 Å². The highest BCUT2D eigenvalue weighted by Gasteiger charge is 2.33. The van der Waals surface area contributed by atoms with E-state index in [2.05, 4.69) is 18.7 Å². The van der Waals surface area contributed by atoms with E-state index in [9.17, 15) is 10.2 Å². The Morgan fingerprint density at radius 1 is 1.00 bits per heavy atom. The second kappa shape index (κ2) is 8.52. The number of rotatable bonds is 7. The van der Waals surface area contributed by atoms with E-state index in [1.54, 1.807) is 13.8 Å². The van der Waals surface area contributed by atoms with Crippen molar-refractivity contribution in [3.05, 3.63) is 59.2 Å². The van der Waals surface area contributed by atoms with Crippen LogP contribution in [0.1, 0.15) is 30.5 Å². The highest BCUT2D eigenvalue weighted by atomic mass is 16.5. The number of aliphatic hydroxyl groups is 2. The van der Waals surface area contributed by atoms with Crippen molar-refractivity contribution >= 4 is 0 Å². The summed E-state index contributed by atoms with van der Waals surface area (Å²) in [5.41, 5.74) is 2.72. The first kappa shape index (κ1) is 20.6. The molecule has 1 aliphatic heterocycles. The molecule has 0 aliphatic carbocycles. The molecule has 0 saturated carbocycles. The molecule has 0 aromatic heterocycles. The largest absolute Gasteiger partial charge is 0.491 e. The van der Waals surface area contributed by atoms with Crippen LogP contribution in [0.5, 0.6) is 11.5 Å². The first-order valence-corrected chi connectivity index (χ1v) is 9.78. The predicted molar refractivity (Wildman–Crippen MR) is 110 cm³/mol. The topological polar surface area (TPSA) is 62.2 Å². The van der Waals surface area contributed by atoms with Gasteiger partial charge in [0.2, 0.25) is 0 Å².